The minimum absolute atomic E-state index is 0.0938. The van der Waals surface area contributed by atoms with Crippen LogP contribution in [0.2, 0.25) is 0 Å². The zero-order chi connectivity index (χ0) is 14.5. The quantitative estimate of drug-likeness (QED) is 0.918. The van der Waals surface area contributed by atoms with Gasteiger partial charge in [-0.2, -0.15) is 0 Å². The molecule has 112 valence electrons. The van der Waals surface area contributed by atoms with Crippen molar-refractivity contribution in [3.63, 3.8) is 0 Å². The third-order valence-corrected chi connectivity index (χ3v) is 3.77. The highest BCUT2D eigenvalue weighted by Gasteiger charge is 2.26. The van der Waals surface area contributed by atoms with Crippen LogP contribution in [0.3, 0.4) is 0 Å². The van der Waals surface area contributed by atoms with Gasteiger partial charge in [-0.25, -0.2) is 0 Å². The van der Waals surface area contributed by atoms with Crippen LogP contribution in [0.15, 0.2) is 45.6 Å². The fourth-order valence-corrected chi connectivity index (χ4v) is 2.68. The molecule has 5 nitrogen and oxygen atoms in total. The minimum atomic E-state index is -0.0938. The zero-order valence-electron chi connectivity index (χ0n) is 12.0. The summed E-state index contributed by atoms with van der Waals surface area (Å²) >= 11 is 0. The summed E-state index contributed by atoms with van der Waals surface area (Å²) in [5.41, 5.74) is 0. The van der Waals surface area contributed by atoms with Crippen LogP contribution in [-0.2, 0) is 17.9 Å². The molecule has 1 fully saturated rings. The Bertz CT molecular complexity index is 506. The number of hydrogen-bond donors (Lipinski definition) is 1. The van der Waals surface area contributed by atoms with Gasteiger partial charge in [0.1, 0.15) is 11.5 Å². The Hall–Kier alpha value is -2.01. The lowest BCUT2D eigenvalue weighted by Gasteiger charge is -2.29. The average Bonchev–Trinajstić information content (AvgIpc) is 3.20. The van der Waals surface area contributed by atoms with Crippen LogP contribution in [0.5, 0.6) is 0 Å². The van der Waals surface area contributed by atoms with Crippen LogP contribution < -0.4 is 5.32 Å². The molecule has 0 radical (unpaired) electrons. The molecule has 21 heavy (non-hydrogen) atoms. The number of carbonyl (C=O) groups is 1. The molecule has 0 spiro atoms. The fraction of sp³-hybridized carbons (Fsp3) is 0.438. The molecule has 2 aromatic rings. The molecule has 2 aromatic heterocycles. The molecule has 1 saturated heterocycles. The first kappa shape index (κ1) is 13.9. The first-order valence-electron chi connectivity index (χ1n) is 7.40. The Kier molecular flexibility index (Phi) is 4.40. The van der Waals surface area contributed by atoms with E-state index in [1.807, 2.05) is 24.3 Å². The number of furan rings is 2. The van der Waals surface area contributed by atoms with Crippen molar-refractivity contribution in [2.24, 2.45) is 0 Å². The third-order valence-electron chi connectivity index (χ3n) is 3.77. The number of nitrogens with one attached hydrogen (secondary N) is 1. The van der Waals surface area contributed by atoms with E-state index in [0.717, 1.165) is 37.3 Å². The van der Waals surface area contributed by atoms with Gasteiger partial charge in [-0.15, -0.1) is 0 Å². The van der Waals surface area contributed by atoms with Crippen molar-refractivity contribution in [3.8, 4) is 0 Å². The molecular formula is C16H20N2O3. The number of piperidine rings is 1. The molecule has 0 saturated carbocycles. The monoisotopic (exact) mass is 288 g/mol. The smallest absolute Gasteiger partial charge is 0.240 e. The predicted octanol–water partition coefficient (Wildman–Crippen LogP) is 2.54. The first-order chi connectivity index (χ1) is 10.3. The lowest BCUT2D eigenvalue weighted by molar-refractivity contribution is -0.135. The summed E-state index contributed by atoms with van der Waals surface area (Å²) < 4.78 is 10.8. The SMILES string of the molecule is O=C(C1CCCCN1)N(Cc1ccco1)Cc1ccco1. The Morgan fingerprint density at radius 3 is 2.29 bits per heavy atom. The molecule has 1 aliphatic heterocycles. The summed E-state index contributed by atoms with van der Waals surface area (Å²) in [6, 6.07) is 7.35. The standard InChI is InChI=1S/C16H20N2O3/c19-16(15-7-1-2-8-17-15)18(11-13-5-3-9-20-13)12-14-6-4-10-21-14/h3-6,9-10,15,17H,1-2,7-8,11-12H2. The van der Waals surface area contributed by atoms with Crippen LogP contribution in [0.1, 0.15) is 30.8 Å². The van der Waals surface area contributed by atoms with Crippen LogP contribution >= 0.6 is 0 Å². The van der Waals surface area contributed by atoms with Gasteiger partial charge in [-0.1, -0.05) is 6.42 Å². The van der Waals surface area contributed by atoms with Crippen molar-refractivity contribution >= 4 is 5.91 Å². The summed E-state index contributed by atoms with van der Waals surface area (Å²) in [7, 11) is 0. The Balaban J connectivity index is 1.72. The van der Waals surface area contributed by atoms with E-state index < -0.39 is 0 Å². The van der Waals surface area contributed by atoms with Crippen LogP contribution in [0, 0.1) is 0 Å². The number of hydrogen-bond acceptors (Lipinski definition) is 4. The van der Waals surface area contributed by atoms with E-state index >= 15 is 0 Å². The molecule has 0 aromatic carbocycles. The maximum Gasteiger partial charge on any atom is 0.240 e. The van der Waals surface area contributed by atoms with E-state index in [9.17, 15) is 4.79 Å². The molecule has 1 N–H and O–H groups in total. The van der Waals surface area contributed by atoms with E-state index in [0.29, 0.717) is 13.1 Å². The van der Waals surface area contributed by atoms with E-state index in [-0.39, 0.29) is 11.9 Å². The summed E-state index contributed by atoms with van der Waals surface area (Å²) in [4.78, 5) is 14.5. The largest absolute Gasteiger partial charge is 0.467 e. The fourth-order valence-electron chi connectivity index (χ4n) is 2.68. The van der Waals surface area contributed by atoms with Gasteiger partial charge in [-0.05, 0) is 43.7 Å². The highest BCUT2D eigenvalue weighted by atomic mass is 16.3. The van der Waals surface area contributed by atoms with Crippen LogP contribution in [-0.4, -0.2) is 23.4 Å². The third kappa shape index (κ3) is 3.55. The highest BCUT2D eigenvalue weighted by Crippen LogP contribution is 2.16. The van der Waals surface area contributed by atoms with E-state index in [1.54, 1.807) is 17.4 Å². The lowest BCUT2D eigenvalue weighted by Crippen LogP contribution is -2.48. The predicted molar refractivity (Wildman–Crippen MR) is 77.3 cm³/mol. The highest BCUT2D eigenvalue weighted by molar-refractivity contribution is 5.81. The summed E-state index contributed by atoms with van der Waals surface area (Å²) in [5, 5.41) is 3.31. The Labute approximate surface area is 123 Å². The maximum atomic E-state index is 12.7. The van der Waals surface area contributed by atoms with Crippen molar-refractivity contribution in [2.45, 2.75) is 38.4 Å². The van der Waals surface area contributed by atoms with E-state index in [2.05, 4.69) is 5.32 Å². The number of rotatable bonds is 5. The van der Waals surface area contributed by atoms with Crippen molar-refractivity contribution in [3.05, 3.63) is 48.3 Å². The van der Waals surface area contributed by atoms with Gasteiger partial charge in [-0.3, -0.25) is 4.79 Å². The normalized spacial score (nSPS) is 18.6. The second-order valence-electron chi connectivity index (χ2n) is 5.36. The topological polar surface area (TPSA) is 58.6 Å². The molecular weight excluding hydrogens is 268 g/mol. The second-order valence-corrected chi connectivity index (χ2v) is 5.36. The second kappa shape index (κ2) is 6.63. The van der Waals surface area contributed by atoms with E-state index in [4.69, 9.17) is 8.83 Å². The van der Waals surface area contributed by atoms with Gasteiger partial charge in [0.25, 0.3) is 0 Å². The van der Waals surface area contributed by atoms with Gasteiger partial charge in [0.05, 0.1) is 31.7 Å². The molecule has 1 unspecified atom stereocenters. The Morgan fingerprint density at radius 2 is 1.81 bits per heavy atom. The number of amides is 1. The summed E-state index contributed by atoms with van der Waals surface area (Å²) in [5.74, 6) is 1.68. The van der Waals surface area contributed by atoms with Crippen LogP contribution in [0.25, 0.3) is 0 Å². The molecule has 0 aliphatic carbocycles. The Morgan fingerprint density at radius 1 is 1.14 bits per heavy atom. The molecule has 1 aliphatic rings. The molecule has 5 heteroatoms. The average molecular weight is 288 g/mol. The maximum absolute atomic E-state index is 12.7. The molecule has 3 heterocycles. The minimum Gasteiger partial charge on any atom is -0.467 e. The van der Waals surface area contributed by atoms with Crippen molar-refractivity contribution in [1.82, 2.24) is 10.2 Å². The number of carbonyl (C=O) groups excluding carboxylic acids is 1. The lowest BCUT2D eigenvalue weighted by atomic mass is 10.0. The summed E-state index contributed by atoms with van der Waals surface area (Å²) in [6.07, 6.45) is 6.39. The molecule has 3 rings (SSSR count). The molecule has 0 bridgehead atoms. The van der Waals surface area contributed by atoms with Gasteiger partial charge >= 0.3 is 0 Å². The van der Waals surface area contributed by atoms with Crippen molar-refractivity contribution < 1.29 is 13.6 Å². The zero-order valence-corrected chi connectivity index (χ0v) is 12.0. The number of nitrogens with zero attached hydrogens (tertiary/aromatic N) is 1. The summed E-state index contributed by atoms with van der Waals surface area (Å²) in [6.45, 7) is 1.83. The molecule has 1 amide bonds. The van der Waals surface area contributed by atoms with Gasteiger partial charge < -0.3 is 19.1 Å². The van der Waals surface area contributed by atoms with E-state index in [1.165, 1.54) is 0 Å². The first-order valence-corrected chi connectivity index (χ1v) is 7.40. The van der Waals surface area contributed by atoms with Gasteiger partial charge in [0.2, 0.25) is 5.91 Å². The van der Waals surface area contributed by atoms with Crippen molar-refractivity contribution in [1.29, 1.82) is 0 Å². The van der Waals surface area contributed by atoms with Crippen molar-refractivity contribution in [2.75, 3.05) is 6.54 Å². The van der Waals surface area contributed by atoms with Crippen LogP contribution in [0.4, 0.5) is 0 Å². The molecule has 1 atom stereocenters. The van der Waals surface area contributed by atoms with Gasteiger partial charge in [0.15, 0.2) is 0 Å². The van der Waals surface area contributed by atoms with Gasteiger partial charge in [0, 0.05) is 0 Å².